The Morgan fingerprint density at radius 2 is 1.89 bits per heavy atom. The number of aryl methyl sites for hydroxylation is 2. The van der Waals surface area contributed by atoms with E-state index in [1.165, 1.54) is 25.2 Å². The molecule has 2 rings (SSSR count). The van der Waals surface area contributed by atoms with Crippen molar-refractivity contribution in [3.05, 3.63) is 17.1 Å². The summed E-state index contributed by atoms with van der Waals surface area (Å²) in [6.07, 6.45) is 2.63. The van der Waals surface area contributed by atoms with Crippen molar-refractivity contribution in [2.24, 2.45) is 0 Å². The van der Waals surface area contributed by atoms with Crippen LogP contribution >= 0.6 is 0 Å². The number of rotatable bonds is 4. The summed E-state index contributed by atoms with van der Waals surface area (Å²) in [6.45, 7) is 2.93. The fraction of sp³-hybridized carbons (Fsp3) is 0.583. The molecule has 1 aromatic rings. The van der Waals surface area contributed by atoms with Gasteiger partial charge in [0.05, 0.1) is 0 Å². The van der Waals surface area contributed by atoms with Crippen LogP contribution in [0.1, 0.15) is 41.1 Å². The fourth-order valence-corrected chi connectivity index (χ4v) is 4.10. The predicted molar refractivity (Wildman–Crippen MR) is 67.7 cm³/mol. The van der Waals surface area contributed by atoms with Crippen LogP contribution in [-0.2, 0) is 10.0 Å². The summed E-state index contributed by atoms with van der Waals surface area (Å²) < 4.78 is 31.5. The number of furan rings is 1. The largest absolute Gasteiger partial charge is 0.478 e. The number of carboxylic acids is 1. The van der Waals surface area contributed by atoms with E-state index in [9.17, 15) is 18.3 Å². The first kappa shape index (κ1) is 14.1. The summed E-state index contributed by atoms with van der Waals surface area (Å²) in [4.78, 5) is 11.0. The normalized spacial score (nSPS) is 16.6. The van der Waals surface area contributed by atoms with Gasteiger partial charge in [0.15, 0.2) is 0 Å². The number of carboxylic acid groups (broad SMARTS) is 1. The molecule has 0 radical (unpaired) electrons. The van der Waals surface area contributed by atoms with Gasteiger partial charge in [0, 0.05) is 13.1 Å². The highest BCUT2D eigenvalue weighted by atomic mass is 32.2. The van der Waals surface area contributed by atoms with Gasteiger partial charge < -0.3 is 9.52 Å². The zero-order chi connectivity index (χ0) is 14.4. The van der Waals surface area contributed by atoms with Crippen LogP contribution < -0.4 is 0 Å². The molecule has 1 N–H and O–H groups in total. The second kappa shape index (κ2) is 4.64. The molecule has 0 aliphatic heterocycles. The molecule has 19 heavy (non-hydrogen) atoms. The predicted octanol–water partition coefficient (Wildman–Crippen LogP) is 1.77. The molecule has 0 saturated heterocycles. The van der Waals surface area contributed by atoms with Crippen LogP contribution in [0, 0.1) is 13.8 Å². The van der Waals surface area contributed by atoms with Gasteiger partial charge in [0.1, 0.15) is 22.0 Å². The molecule has 1 aromatic heterocycles. The number of carbonyl (C=O) groups is 1. The van der Waals surface area contributed by atoms with E-state index in [1.54, 1.807) is 0 Å². The minimum atomic E-state index is -3.83. The Bertz CT molecular complexity index is 612. The van der Waals surface area contributed by atoms with Gasteiger partial charge in [0.25, 0.3) is 0 Å². The highest BCUT2D eigenvalue weighted by Crippen LogP contribution is 2.33. The third kappa shape index (κ3) is 2.17. The average molecular weight is 287 g/mol. The van der Waals surface area contributed by atoms with Crippen LogP contribution in [0.2, 0.25) is 0 Å². The van der Waals surface area contributed by atoms with Gasteiger partial charge in [-0.05, 0) is 26.7 Å². The van der Waals surface area contributed by atoms with Crippen molar-refractivity contribution in [2.45, 2.75) is 44.0 Å². The van der Waals surface area contributed by atoms with Crippen LogP contribution in [0.25, 0.3) is 0 Å². The highest BCUT2D eigenvalue weighted by Gasteiger charge is 2.38. The van der Waals surface area contributed by atoms with Crippen molar-refractivity contribution in [1.29, 1.82) is 0 Å². The molecule has 0 aromatic carbocycles. The number of hydrogen-bond acceptors (Lipinski definition) is 4. The Labute approximate surface area is 112 Å². The average Bonchev–Trinajstić information content (AvgIpc) is 2.51. The maximum Gasteiger partial charge on any atom is 0.340 e. The summed E-state index contributed by atoms with van der Waals surface area (Å²) >= 11 is 0. The number of nitrogens with zero attached hydrogens (tertiary/aromatic N) is 1. The second-order valence-electron chi connectivity index (χ2n) is 4.83. The van der Waals surface area contributed by atoms with Crippen molar-refractivity contribution < 1.29 is 22.7 Å². The quantitative estimate of drug-likeness (QED) is 0.911. The van der Waals surface area contributed by atoms with E-state index in [4.69, 9.17) is 4.42 Å². The molecule has 7 heteroatoms. The first-order valence-electron chi connectivity index (χ1n) is 6.08. The van der Waals surface area contributed by atoms with Crippen LogP contribution in [0.15, 0.2) is 9.31 Å². The molecule has 106 valence electrons. The molecular weight excluding hydrogens is 270 g/mol. The molecular formula is C12H17NO5S. The Morgan fingerprint density at radius 1 is 1.32 bits per heavy atom. The Kier molecular flexibility index (Phi) is 3.44. The van der Waals surface area contributed by atoms with E-state index in [0.717, 1.165) is 19.3 Å². The minimum absolute atomic E-state index is 0.0405. The summed E-state index contributed by atoms with van der Waals surface area (Å²) in [5.41, 5.74) is -0.260. The molecule has 1 fully saturated rings. The van der Waals surface area contributed by atoms with Gasteiger partial charge in [-0.3, -0.25) is 0 Å². The Balaban J connectivity index is 2.54. The summed E-state index contributed by atoms with van der Waals surface area (Å²) in [7, 11) is -2.33. The lowest BCUT2D eigenvalue weighted by atomic mass is 9.94. The van der Waals surface area contributed by atoms with E-state index in [0.29, 0.717) is 0 Å². The summed E-state index contributed by atoms with van der Waals surface area (Å²) in [6, 6.07) is -0.0405. The van der Waals surface area contributed by atoms with Gasteiger partial charge >= 0.3 is 5.97 Å². The van der Waals surface area contributed by atoms with Gasteiger partial charge in [-0.2, -0.15) is 4.31 Å². The van der Waals surface area contributed by atoms with E-state index in [1.807, 2.05) is 0 Å². The zero-order valence-corrected chi connectivity index (χ0v) is 12.0. The van der Waals surface area contributed by atoms with Gasteiger partial charge in [-0.25, -0.2) is 13.2 Å². The third-order valence-corrected chi connectivity index (χ3v) is 5.71. The zero-order valence-electron chi connectivity index (χ0n) is 11.1. The van der Waals surface area contributed by atoms with Crippen LogP contribution in [-0.4, -0.2) is 36.9 Å². The molecule has 1 saturated carbocycles. The maximum atomic E-state index is 12.5. The Morgan fingerprint density at radius 3 is 2.32 bits per heavy atom. The smallest absolute Gasteiger partial charge is 0.340 e. The lowest BCUT2D eigenvalue weighted by molar-refractivity contribution is 0.0691. The monoisotopic (exact) mass is 287 g/mol. The van der Waals surface area contributed by atoms with Gasteiger partial charge in [-0.1, -0.05) is 6.42 Å². The van der Waals surface area contributed by atoms with Crippen LogP contribution in [0.4, 0.5) is 0 Å². The fourth-order valence-electron chi connectivity index (χ4n) is 2.31. The van der Waals surface area contributed by atoms with Crippen LogP contribution in [0.5, 0.6) is 0 Å². The standard InChI is InChI=1S/C12H17NO5S/c1-7-10(12(14)15)11(8(2)18-7)19(16,17)13(3)9-5-4-6-9/h9H,4-6H2,1-3H3,(H,14,15). The molecule has 0 amide bonds. The van der Waals surface area contributed by atoms with Crippen LogP contribution in [0.3, 0.4) is 0 Å². The van der Waals surface area contributed by atoms with E-state index in [2.05, 4.69) is 0 Å². The first-order chi connectivity index (χ1) is 8.76. The van der Waals surface area contributed by atoms with Gasteiger partial charge in [0.2, 0.25) is 10.0 Å². The van der Waals surface area contributed by atoms with Crippen molar-refractivity contribution in [1.82, 2.24) is 4.31 Å². The Hall–Kier alpha value is -1.34. The van der Waals surface area contributed by atoms with Crippen molar-refractivity contribution in [2.75, 3.05) is 7.05 Å². The number of hydrogen-bond donors (Lipinski definition) is 1. The number of aromatic carboxylic acids is 1. The molecule has 1 heterocycles. The lowest BCUT2D eigenvalue weighted by Gasteiger charge is -2.33. The molecule has 0 bridgehead atoms. The second-order valence-corrected chi connectivity index (χ2v) is 6.76. The van der Waals surface area contributed by atoms with E-state index < -0.39 is 16.0 Å². The highest BCUT2D eigenvalue weighted by molar-refractivity contribution is 7.89. The van der Waals surface area contributed by atoms with Gasteiger partial charge in [-0.15, -0.1) is 0 Å². The topological polar surface area (TPSA) is 87.8 Å². The molecule has 0 atom stereocenters. The third-order valence-electron chi connectivity index (χ3n) is 3.64. The molecule has 1 aliphatic carbocycles. The number of sulfonamides is 1. The van der Waals surface area contributed by atoms with E-state index >= 15 is 0 Å². The summed E-state index contributed by atoms with van der Waals surface area (Å²) in [5.74, 6) is -1.04. The molecule has 0 unspecified atom stereocenters. The first-order valence-corrected chi connectivity index (χ1v) is 7.52. The minimum Gasteiger partial charge on any atom is -0.478 e. The molecule has 1 aliphatic rings. The SMILES string of the molecule is Cc1oc(C)c(S(=O)(=O)N(C)C2CCC2)c1C(=O)O. The van der Waals surface area contributed by atoms with E-state index in [-0.39, 0.29) is 28.0 Å². The molecule has 0 spiro atoms. The molecule has 6 nitrogen and oxygen atoms in total. The lowest BCUT2D eigenvalue weighted by Crippen LogP contribution is -2.41. The summed E-state index contributed by atoms with van der Waals surface area (Å²) in [5, 5.41) is 9.17. The van der Waals surface area contributed by atoms with Crippen molar-refractivity contribution in [3.63, 3.8) is 0 Å². The van der Waals surface area contributed by atoms with Crippen molar-refractivity contribution >= 4 is 16.0 Å². The maximum absolute atomic E-state index is 12.5. The van der Waals surface area contributed by atoms with Crippen molar-refractivity contribution in [3.8, 4) is 0 Å².